The molecule has 1 N–H and O–H groups in total. The standard InChI is InChI=1S/C22H22ClN5/c1-15-6-5-7-17(23)21(15)26-22-20-13-24-14-28(20)19-12-16(8-9-18(19)25-22)27-10-3-2-4-11-27/h5-9,12-14H,2-4,10-11H2,1H3,(H,25,26). The lowest BCUT2D eigenvalue weighted by atomic mass is 10.1. The molecule has 0 spiro atoms. The summed E-state index contributed by atoms with van der Waals surface area (Å²) >= 11 is 6.41. The normalized spacial score (nSPS) is 14.7. The number of anilines is 3. The van der Waals surface area contributed by atoms with Gasteiger partial charge in [0.1, 0.15) is 5.52 Å². The van der Waals surface area contributed by atoms with Gasteiger partial charge in [0.05, 0.1) is 34.3 Å². The smallest absolute Gasteiger partial charge is 0.157 e. The Labute approximate surface area is 169 Å². The average Bonchev–Trinajstić information content (AvgIpc) is 3.22. The fourth-order valence-electron chi connectivity index (χ4n) is 3.99. The van der Waals surface area contributed by atoms with Crippen molar-refractivity contribution in [3.63, 3.8) is 0 Å². The van der Waals surface area contributed by atoms with Gasteiger partial charge in [-0.2, -0.15) is 0 Å². The van der Waals surface area contributed by atoms with E-state index in [1.54, 1.807) is 0 Å². The summed E-state index contributed by atoms with van der Waals surface area (Å²) in [6.45, 7) is 4.28. The zero-order valence-electron chi connectivity index (χ0n) is 15.8. The minimum atomic E-state index is 0.681. The van der Waals surface area contributed by atoms with Crippen molar-refractivity contribution in [2.24, 2.45) is 0 Å². The summed E-state index contributed by atoms with van der Waals surface area (Å²) in [4.78, 5) is 11.7. The number of aryl methyl sites for hydroxylation is 1. The number of piperidine rings is 1. The summed E-state index contributed by atoms with van der Waals surface area (Å²) in [5.41, 5.74) is 6.14. The van der Waals surface area contributed by atoms with Crippen LogP contribution in [0.1, 0.15) is 24.8 Å². The molecule has 1 fully saturated rings. The van der Waals surface area contributed by atoms with Gasteiger partial charge in [0, 0.05) is 18.8 Å². The third-order valence-electron chi connectivity index (χ3n) is 5.52. The summed E-state index contributed by atoms with van der Waals surface area (Å²) < 4.78 is 2.10. The number of fused-ring (bicyclic) bond motifs is 3. The van der Waals surface area contributed by atoms with Gasteiger partial charge in [0.25, 0.3) is 0 Å². The van der Waals surface area contributed by atoms with E-state index in [1.807, 2.05) is 37.6 Å². The molecule has 5 rings (SSSR count). The second-order valence-corrected chi connectivity index (χ2v) is 7.79. The number of rotatable bonds is 3. The number of aromatic nitrogens is 3. The highest BCUT2D eigenvalue weighted by molar-refractivity contribution is 6.33. The van der Waals surface area contributed by atoms with E-state index in [4.69, 9.17) is 16.6 Å². The molecule has 4 aromatic rings. The highest BCUT2D eigenvalue weighted by Gasteiger charge is 2.15. The Kier molecular flexibility index (Phi) is 4.32. The van der Waals surface area contributed by atoms with Gasteiger partial charge >= 0.3 is 0 Å². The number of hydrogen-bond acceptors (Lipinski definition) is 4. The van der Waals surface area contributed by atoms with E-state index in [9.17, 15) is 0 Å². The predicted octanol–water partition coefficient (Wildman–Crippen LogP) is 5.58. The molecule has 1 saturated heterocycles. The third kappa shape index (κ3) is 2.96. The zero-order chi connectivity index (χ0) is 19.1. The molecule has 0 atom stereocenters. The topological polar surface area (TPSA) is 45.5 Å². The molecule has 2 aromatic heterocycles. The average molecular weight is 392 g/mol. The van der Waals surface area contributed by atoms with Crippen LogP contribution in [-0.2, 0) is 0 Å². The lowest BCUT2D eigenvalue weighted by molar-refractivity contribution is 0.578. The Hall–Kier alpha value is -2.79. The Bertz CT molecular complexity index is 1140. The van der Waals surface area contributed by atoms with E-state index in [0.717, 1.165) is 46.7 Å². The molecule has 1 aliphatic rings. The highest BCUT2D eigenvalue weighted by Crippen LogP contribution is 2.32. The lowest BCUT2D eigenvalue weighted by Crippen LogP contribution is -2.29. The molecule has 1 aliphatic heterocycles. The molecular weight excluding hydrogens is 370 g/mol. The largest absolute Gasteiger partial charge is 0.371 e. The SMILES string of the molecule is Cc1cccc(Cl)c1Nc1nc2ccc(N3CCCCC3)cc2n2cncc12. The zero-order valence-corrected chi connectivity index (χ0v) is 16.6. The van der Waals surface area contributed by atoms with Crippen LogP contribution in [0.5, 0.6) is 0 Å². The van der Waals surface area contributed by atoms with Crippen LogP contribution in [-0.4, -0.2) is 27.5 Å². The molecule has 2 aromatic carbocycles. The van der Waals surface area contributed by atoms with E-state index in [1.165, 1.54) is 24.9 Å². The summed E-state index contributed by atoms with van der Waals surface area (Å²) in [6, 6.07) is 12.4. The number of nitrogens with one attached hydrogen (secondary N) is 1. The van der Waals surface area contributed by atoms with Gasteiger partial charge in [-0.1, -0.05) is 23.7 Å². The van der Waals surface area contributed by atoms with Crippen LogP contribution in [0.15, 0.2) is 48.9 Å². The molecule has 28 heavy (non-hydrogen) atoms. The molecule has 0 aliphatic carbocycles. The van der Waals surface area contributed by atoms with E-state index in [2.05, 4.69) is 37.8 Å². The number of benzene rings is 2. The second kappa shape index (κ2) is 6.99. The Morgan fingerprint density at radius 2 is 1.89 bits per heavy atom. The Morgan fingerprint density at radius 3 is 2.71 bits per heavy atom. The molecule has 6 heteroatoms. The fourth-order valence-corrected chi connectivity index (χ4v) is 4.26. The second-order valence-electron chi connectivity index (χ2n) is 7.39. The van der Waals surface area contributed by atoms with Crippen LogP contribution in [0.25, 0.3) is 16.6 Å². The number of halogens is 1. The van der Waals surface area contributed by atoms with Crippen molar-refractivity contribution in [2.75, 3.05) is 23.3 Å². The van der Waals surface area contributed by atoms with Crippen molar-refractivity contribution < 1.29 is 0 Å². The molecule has 0 amide bonds. The monoisotopic (exact) mass is 391 g/mol. The Balaban J connectivity index is 1.62. The molecule has 3 heterocycles. The van der Waals surface area contributed by atoms with Crippen molar-refractivity contribution in [3.8, 4) is 0 Å². The van der Waals surface area contributed by atoms with Crippen molar-refractivity contribution in [1.82, 2.24) is 14.4 Å². The van der Waals surface area contributed by atoms with Crippen molar-refractivity contribution in [2.45, 2.75) is 26.2 Å². The number of hydrogen-bond donors (Lipinski definition) is 1. The lowest BCUT2D eigenvalue weighted by Gasteiger charge is -2.29. The van der Waals surface area contributed by atoms with Crippen LogP contribution in [0.4, 0.5) is 17.2 Å². The molecule has 0 radical (unpaired) electrons. The maximum atomic E-state index is 6.41. The van der Waals surface area contributed by atoms with E-state index in [-0.39, 0.29) is 0 Å². The molecule has 0 unspecified atom stereocenters. The van der Waals surface area contributed by atoms with E-state index >= 15 is 0 Å². The van der Waals surface area contributed by atoms with Gasteiger partial charge < -0.3 is 10.2 Å². The first-order chi connectivity index (χ1) is 13.7. The molecule has 5 nitrogen and oxygen atoms in total. The summed E-state index contributed by atoms with van der Waals surface area (Å²) in [5.74, 6) is 0.756. The molecule has 0 saturated carbocycles. The van der Waals surface area contributed by atoms with Crippen molar-refractivity contribution >= 4 is 45.3 Å². The Morgan fingerprint density at radius 1 is 1.04 bits per heavy atom. The van der Waals surface area contributed by atoms with Crippen LogP contribution < -0.4 is 10.2 Å². The van der Waals surface area contributed by atoms with Crippen LogP contribution >= 0.6 is 11.6 Å². The third-order valence-corrected chi connectivity index (χ3v) is 5.83. The van der Waals surface area contributed by atoms with E-state index < -0.39 is 0 Å². The number of nitrogens with zero attached hydrogens (tertiary/aromatic N) is 4. The number of para-hydroxylation sites is 1. The summed E-state index contributed by atoms with van der Waals surface area (Å²) in [7, 11) is 0. The van der Waals surface area contributed by atoms with Gasteiger partial charge in [0.2, 0.25) is 0 Å². The minimum absolute atomic E-state index is 0.681. The summed E-state index contributed by atoms with van der Waals surface area (Å²) in [6.07, 6.45) is 7.54. The first kappa shape index (κ1) is 17.3. The van der Waals surface area contributed by atoms with Gasteiger partial charge in [-0.25, -0.2) is 9.97 Å². The maximum Gasteiger partial charge on any atom is 0.157 e. The van der Waals surface area contributed by atoms with Crippen LogP contribution in [0.2, 0.25) is 5.02 Å². The number of imidazole rings is 1. The van der Waals surface area contributed by atoms with Gasteiger partial charge in [-0.3, -0.25) is 4.40 Å². The minimum Gasteiger partial charge on any atom is -0.371 e. The molecular formula is C22H22ClN5. The van der Waals surface area contributed by atoms with Gasteiger partial charge in [0.15, 0.2) is 5.82 Å². The van der Waals surface area contributed by atoms with Gasteiger partial charge in [-0.05, 0) is 56.0 Å². The molecule has 0 bridgehead atoms. The first-order valence-electron chi connectivity index (χ1n) is 9.73. The fraction of sp³-hybridized carbons (Fsp3) is 0.273. The highest BCUT2D eigenvalue weighted by atomic mass is 35.5. The van der Waals surface area contributed by atoms with Crippen LogP contribution in [0.3, 0.4) is 0 Å². The van der Waals surface area contributed by atoms with Crippen LogP contribution in [0, 0.1) is 6.92 Å². The quantitative estimate of drug-likeness (QED) is 0.495. The molecule has 142 valence electrons. The summed E-state index contributed by atoms with van der Waals surface area (Å²) in [5, 5.41) is 4.11. The first-order valence-corrected chi connectivity index (χ1v) is 10.1. The maximum absolute atomic E-state index is 6.41. The van der Waals surface area contributed by atoms with E-state index in [0.29, 0.717) is 5.02 Å². The van der Waals surface area contributed by atoms with Crippen molar-refractivity contribution in [3.05, 3.63) is 59.5 Å². The van der Waals surface area contributed by atoms with Gasteiger partial charge in [-0.15, -0.1) is 0 Å². The van der Waals surface area contributed by atoms with Crippen molar-refractivity contribution in [1.29, 1.82) is 0 Å². The predicted molar refractivity (Wildman–Crippen MR) is 116 cm³/mol.